The maximum absolute atomic E-state index is 11.1. The van der Waals surface area contributed by atoms with Crippen LogP contribution in [0.3, 0.4) is 0 Å². The molecule has 1 unspecified atom stereocenters. The molecule has 0 radical (unpaired) electrons. The number of aliphatic carboxylic acids is 1. The van der Waals surface area contributed by atoms with Crippen molar-refractivity contribution in [1.29, 1.82) is 0 Å². The molecule has 0 amide bonds. The van der Waals surface area contributed by atoms with Gasteiger partial charge in [0.05, 0.1) is 23.1 Å². The summed E-state index contributed by atoms with van der Waals surface area (Å²) in [5.41, 5.74) is 1.52. The molecule has 2 rings (SSSR count). The fourth-order valence-corrected chi connectivity index (χ4v) is 3.00. The minimum atomic E-state index is -0.947. The first kappa shape index (κ1) is 19.4. The molecule has 2 aromatic rings. The lowest BCUT2D eigenvalue weighted by molar-refractivity contribution is -0.138. The quantitative estimate of drug-likeness (QED) is 0.654. The van der Waals surface area contributed by atoms with Gasteiger partial charge in [0.15, 0.2) is 5.75 Å². The van der Waals surface area contributed by atoms with Crippen LogP contribution in [0.15, 0.2) is 30.3 Å². The smallest absolute Gasteiger partial charge is 0.310 e. The SMILES string of the molecule is COc1ccc(Oc2c(Cl)cc(C(C)C(=O)O)cc2Cl)cc1C(C)C. The van der Waals surface area contributed by atoms with Gasteiger partial charge in [-0.05, 0) is 48.7 Å². The number of carboxylic acid groups (broad SMARTS) is 1. The second-order valence-corrected chi connectivity index (χ2v) is 6.85. The fourth-order valence-electron chi connectivity index (χ4n) is 2.41. The Morgan fingerprint density at radius 1 is 1.08 bits per heavy atom. The van der Waals surface area contributed by atoms with E-state index in [0.717, 1.165) is 11.3 Å². The molecule has 0 aliphatic carbocycles. The molecule has 0 saturated carbocycles. The summed E-state index contributed by atoms with van der Waals surface area (Å²) >= 11 is 12.5. The molecule has 0 aromatic heterocycles. The third kappa shape index (κ3) is 4.39. The Labute approximate surface area is 157 Å². The van der Waals surface area contributed by atoms with Gasteiger partial charge in [-0.25, -0.2) is 0 Å². The Bertz CT molecular complexity index is 764. The topological polar surface area (TPSA) is 55.8 Å². The summed E-state index contributed by atoms with van der Waals surface area (Å²) in [5, 5.41) is 9.65. The number of halogens is 2. The molecule has 2 aromatic carbocycles. The second kappa shape index (κ2) is 7.98. The maximum atomic E-state index is 11.1. The van der Waals surface area contributed by atoms with Gasteiger partial charge < -0.3 is 14.6 Å². The van der Waals surface area contributed by atoms with E-state index in [0.29, 0.717) is 17.1 Å². The van der Waals surface area contributed by atoms with Gasteiger partial charge in [-0.15, -0.1) is 0 Å². The molecule has 25 heavy (non-hydrogen) atoms. The van der Waals surface area contributed by atoms with Crippen molar-refractivity contribution >= 4 is 29.2 Å². The monoisotopic (exact) mass is 382 g/mol. The van der Waals surface area contributed by atoms with Crippen LogP contribution in [0.5, 0.6) is 17.2 Å². The Balaban J connectivity index is 2.38. The summed E-state index contributed by atoms with van der Waals surface area (Å²) < 4.78 is 11.2. The predicted molar refractivity (Wildman–Crippen MR) is 99.7 cm³/mol. The Morgan fingerprint density at radius 3 is 2.16 bits per heavy atom. The van der Waals surface area contributed by atoms with Crippen LogP contribution in [0.25, 0.3) is 0 Å². The Morgan fingerprint density at radius 2 is 1.68 bits per heavy atom. The Kier molecular flexibility index (Phi) is 6.20. The van der Waals surface area contributed by atoms with Gasteiger partial charge in [0.1, 0.15) is 11.5 Å². The lowest BCUT2D eigenvalue weighted by Crippen LogP contribution is -2.07. The van der Waals surface area contributed by atoms with Crippen molar-refractivity contribution < 1.29 is 19.4 Å². The summed E-state index contributed by atoms with van der Waals surface area (Å²) in [7, 11) is 1.62. The zero-order valence-electron chi connectivity index (χ0n) is 14.5. The highest BCUT2D eigenvalue weighted by Crippen LogP contribution is 2.40. The van der Waals surface area contributed by atoms with Gasteiger partial charge in [0.2, 0.25) is 0 Å². The van der Waals surface area contributed by atoms with Gasteiger partial charge in [0.25, 0.3) is 0 Å². The standard InChI is InChI=1S/C19H20Cl2O4/c1-10(2)14-9-13(5-6-17(14)24-4)25-18-15(20)7-12(8-16(18)21)11(3)19(22)23/h5-11H,1-4H3,(H,22,23). The van der Waals surface area contributed by atoms with Crippen molar-refractivity contribution in [2.75, 3.05) is 7.11 Å². The molecule has 6 heteroatoms. The molecular formula is C19H20Cl2O4. The predicted octanol–water partition coefficient (Wildman–Crippen LogP) is 6.11. The summed E-state index contributed by atoms with van der Waals surface area (Å²) in [5.74, 6) is 0.250. The van der Waals surface area contributed by atoms with Gasteiger partial charge in [-0.1, -0.05) is 37.0 Å². The molecule has 0 fully saturated rings. The van der Waals surface area contributed by atoms with Gasteiger partial charge in [0, 0.05) is 5.56 Å². The molecule has 1 atom stereocenters. The number of carbonyl (C=O) groups is 1. The van der Waals surface area contributed by atoms with E-state index in [9.17, 15) is 4.79 Å². The van der Waals surface area contributed by atoms with Crippen molar-refractivity contribution in [3.05, 3.63) is 51.5 Å². The van der Waals surface area contributed by atoms with E-state index >= 15 is 0 Å². The lowest BCUT2D eigenvalue weighted by atomic mass is 10.0. The molecule has 0 spiro atoms. The fraction of sp³-hybridized carbons (Fsp3) is 0.316. The van der Waals surface area contributed by atoms with Crippen LogP contribution in [0, 0.1) is 0 Å². The van der Waals surface area contributed by atoms with E-state index < -0.39 is 11.9 Å². The summed E-state index contributed by atoms with van der Waals surface area (Å²) in [6, 6.07) is 8.60. The van der Waals surface area contributed by atoms with E-state index in [4.69, 9.17) is 37.8 Å². The van der Waals surface area contributed by atoms with Crippen LogP contribution >= 0.6 is 23.2 Å². The number of rotatable bonds is 6. The number of hydrogen-bond acceptors (Lipinski definition) is 3. The van der Waals surface area contributed by atoms with Crippen LogP contribution in [0.2, 0.25) is 10.0 Å². The lowest BCUT2D eigenvalue weighted by Gasteiger charge is -2.16. The third-order valence-electron chi connectivity index (χ3n) is 3.93. The molecule has 0 saturated heterocycles. The van der Waals surface area contributed by atoms with Crippen LogP contribution in [0.1, 0.15) is 43.7 Å². The van der Waals surface area contributed by atoms with Gasteiger partial charge in [-0.3, -0.25) is 4.79 Å². The van der Waals surface area contributed by atoms with E-state index in [1.165, 1.54) is 0 Å². The number of carboxylic acids is 1. The normalized spacial score (nSPS) is 12.1. The van der Waals surface area contributed by atoms with E-state index in [1.54, 1.807) is 32.2 Å². The highest BCUT2D eigenvalue weighted by atomic mass is 35.5. The van der Waals surface area contributed by atoms with Crippen molar-refractivity contribution in [3.8, 4) is 17.2 Å². The molecule has 0 aliphatic heterocycles. The minimum Gasteiger partial charge on any atom is -0.496 e. The number of methoxy groups -OCH3 is 1. The highest BCUT2D eigenvalue weighted by molar-refractivity contribution is 6.37. The van der Waals surface area contributed by atoms with Crippen LogP contribution in [-0.4, -0.2) is 18.2 Å². The molecule has 4 nitrogen and oxygen atoms in total. The summed E-state index contributed by atoms with van der Waals surface area (Å²) in [6.07, 6.45) is 0. The minimum absolute atomic E-state index is 0.253. The van der Waals surface area contributed by atoms with Gasteiger partial charge >= 0.3 is 5.97 Å². The van der Waals surface area contributed by atoms with E-state index in [1.807, 2.05) is 12.1 Å². The molecule has 0 heterocycles. The van der Waals surface area contributed by atoms with E-state index in [-0.39, 0.29) is 16.0 Å². The average molecular weight is 383 g/mol. The van der Waals surface area contributed by atoms with E-state index in [2.05, 4.69) is 13.8 Å². The number of hydrogen-bond donors (Lipinski definition) is 1. The van der Waals surface area contributed by atoms with Gasteiger partial charge in [-0.2, -0.15) is 0 Å². The van der Waals surface area contributed by atoms with Crippen molar-refractivity contribution in [3.63, 3.8) is 0 Å². The summed E-state index contributed by atoms with van der Waals surface area (Å²) in [4.78, 5) is 11.1. The van der Waals surface area contributed by atoms with Crippen LogP contribution in [0.4, 0.5) is 0 Å². The number of benzene rings is 2. The van der Waals surface area contributed by atoms with Crippen molar-refractivity contribution in [1.82, 2.24) is 0 Å². The second-order valence-electron chi connectivity index (χ2n) is 6.03. The van der Waals surface area contributed by atoms with Crippen LogP contribution in [-0.2, 0) is 4.79 Å². The average Bonchev–Trinajstić information content (AvgIpc) is 2.56. The molecule has 0 bridgehead atoms. The first-order chi connectivity index (χ1) is 11.7. The first-order valence-corrected chi connectivity index (χ1v) is 8.57. The zero-order chi connectivity index (χ0) is 18.7. The third-order valence-corrected chi connectivity index (χ3v) is 4.50. The number of ether oxygens (including phenoxy) is 2. The van der Waals surface area contributed by atoms with Crippen LogP contribution < -0.4 is 9.47 Å². The highest BCUT2D eigenvalue weighted by Gasteiger charge is 2.19. The molecule has 1 N–H and O–H groups in total. The Hall–Kier alpha value is -1.91. The van der Waals surface area contributed by atoms with Crippen molar-refractivity contribution in [2.24, 2.45) is 0 Å². The maximum Gasteiger partial charge on any atom is 0.310 e. The molecule has 0 aliphatic rings. The van der Waals surface area contributed by atoms with Crippen molar-refractivity contribution in [2.45, 2.75) is 32.6 Å². The first-order valence-electron chi connectivity index (χ1n) is 7.82. The molecular weight excluding hydrogens is 363 g/mol. The summed E-state index contributed by atoms with van der Waals surface area (Å²) in [6.45, 7) is 5.69. The zero-order valence-corrected chi connectivity index (χ0v) is 16.0. The largest absolute Gasteiger partial charge is 0.496 e. The molecule has 134 valence electrons.